The first-order valence-electron chi connectivity index (χ1n) is 5.20. The van der Waals surface area contributed by atoms with Gasteiger partial charge >= 0.3 is 5.97 Å². The minimum atomic E-state index is -0.905. The number of carbonyl (C=O) groups excluding carboxylic acids is 1. The number of carbonyl (C=O) groups is 2. The molecule has 4 nitrogen and oxygen atoms in total. The number of carboxylic acid groups (broad SMARTS) is 1. The molecule has 2 N–H and O–H groups in total. The van der Waals surface area contributed by atoms with Gasteiger partial charge in [0, 0.05) is 5.69 Å². The summed E-state index contributed by atoms with van der Waals surface area (Å²) < 4.78 is 0. The Hall–Kier alpha value is -1.49. The van der Waals surface area contributed by atoms with Gasteiger partial charge < -0.3 is 10.4 Å². The minimum Gasteiger partial charge on any atom is -0.480 e. The van der Waals surface area contributed by atoms with Crippen LogP contribution in [0.15, 0.2) is 24.3 Å². The Bertz CT molecular complexity index is 403. The fourth-order valence-corrected chi connectivity index (χ4v) is 1.72. The molecule has 1 amide bonds. The molecule has 0 spiro atoms. The van der Waals surface area contributed by atoms with E-state index in [1.165, 1.54) is 0 Å². The molecule has 0 aliphatic rings. The van der Waals surface area contributed by atoms with Crippen molar-refractivity contribution in [3.05, 3.63) is 29.8 Å². The van der Waals surface area contributed by atoms with Crippen LogP contribution in [0.4, 0.5) is 5.69 Å². The maximum absolute atomic E-state index is 11.5. The highest BCUT2D eigenvalue weighted by atomic mass is 32.2. The van der Waals surface area contributed by atoms with Gasteiger partial charge in [-0.2, -0.15) is 0 Å². The summed E-state index contributed by atoms with van der Waals surface area (Å²) in [6.45, 7) is 3.53. The lowest BCUT2D eigenvalue weighted by Gasteiger charge is -2.07. The molecule has 0 saturated carbocycles. The van der Waals surface area contributed by atoms with E-state index in [1.807, 2.05) is 31.2 Å². The largest absolute Gasteiger partial charge is 0.480 e. The molecule has 0 unspecified atom stereocenters. The molecule has 0 heterocycles. The van der Waals surface area contributed by atoms with E-state index < -0.39 is 11.2 Å². The van der Waals surface area contributed by atoms with E-state index in [0.717, 1.165) is 23.0 Å². The molecule has 0 radical (unpaired) electrons. The molecule has 0 aliphatic carbocycles. The fourth-order valence-electron chi connectivity index (χ4n) is 1.11. The zero-order chi connectivity index (χ0) is 12.8. The zero-order valence-corrected chi connectivity index (χ0v) is 10.6. The number of hydrogen-bond donors (Lipinski definition) is 2. The lowest BCUT2D eigenvalue weighted by molar-refractivity contribution is -0.136. The van der Waals surface area contributed by atoms with Crippen molar-refractivity contribution in [2.24, 2.45) is 0 Å². The van der Waals surface area contributed by atoms with Crippen LogP contribution in [-0.4, -0.2) is 28.0 Å². The number of carboxylic acids is 1. The van der Waals surface area contributed by atoms with Crippen LogP contribution in [0.1, 0.15) is 12.5 Å². The smallest absolute Gasteiger partial charge is 0.316 e. The van der Waals surface area contributed by atoms with Gasteiger partial charge in [0.05, 0.1) is 11.0 Å². The van der Waals surface area contributed by atoms with E-state index in [4.69, 9.17) is 5.11 Å². The van der Waals surface area contributed by atoms with Gasteiger partial charge in [0.2, 0.25) is 5.91 Å². The number of aryl methyl sites for hydroxylation is 1. The lowest BCUT2D eigenvalue weighted by Crippen LogP contribution is -2.19. The predicted molar refractivity (Wildman–Crippen MR) is 69.4 cm³/mol. The number of nitrogens with one attached hydrogen (secondary N) is 1. The van der Waals surface area contributed by atoms with Gasteiger partial charge in [0.25, 0.3) is 0 Å². The average molecular weight is 253 g/mol. The predicted octanol–water partition coefficient (Wildman–Crippen LogP) is 2.14. The van der Waals surface area contributed by atoms with Crippen LogP contribution in [0.5, 0.6) is 0 Å². The second-order valence-corrected chi connectivity index (χ2v) is 5.03. The number of hydrogen-bond acceptors (Lipinski definition) is 3. The number of rotatable bonds is 5. The fraction of sp³-hybridized carbons (Fsp3) is 0.333. The van der Waals surface area contributed by atoms with Crippen molar-refractivity contribution < 1.29 is 14.7 Å². The Morgan fingerprint density at radius 1 is 1.35 bits per heavy atom. The van der Waals surface area contributed by atoms with Crippen molar-refractivity contribution in [2.75, 3.05) is 11.1 Å². The molecule has 17 heavy (non-hydrogen) atoms. The highest BCUT2D eigenvalue weighted by molar-refractivity contribution is 8.01. The Labute approximate surface area is 104 Å². The van der Waals surface area contributed by atoms with Crippen molar-refractivity contribution in [3.63, 3.8) is 0 Å². The molecule has 0 bridgehead atoms. The van der Waals surface area contributed by atoms with Crippen LogP contribution in [0.3, 0.4) is 0 Å². The third-order valence-electron chi connectivity index (χ3n) is 2.15. The van der Waals surface area contributed by atoms with Crippen molar-refractivity contribution in [1.29, 1.82) is 0 Å². The Morgan fingerprint density at radius 3 is 2.47 bits per heavy atom. The van der Waals surface area contributed by atoms with E-state index in [1.54, 1.807) is 6.92 Å². The van der Waals surface area contributed by atoms with Gasteiger partial charge in [-0.15, -0.1) is 11.8 Å². The van der Waals surface area contributed by atoms with Gasteiger partial charge in [-0.3, -0.25) is 9.59 Å². The van der Waals surface area contributed by atoms with Crippen LogP contribution in [0, 0.1) is 6.92 Å². The number of benzene rings is 1. The zero-order valence-electron chi connectivity index (χ0n) is 9.77. The van der Waals surface area contributed by atoms with Crippen LogP contribution in [-0.2, 0) is 9.59 Å². The average Bonchev–Trinajstić information content (AvgIpc) is 2.29. The van der Waals surface area contributed by atoms with Crippen molar-refractivity contribution in [1.82, 2.24) is 0 Å². The molecular weight excluding hydrogens is 238 g/mol. The maximum Gasteiger partial charge on any atom is 0.316 e. The summed E-state index contributed by atoms with van der Waals surface area (Å²) in [6, 6.07) is 7.45. The number of anilines is 1. The van der Waals surface area contributed by atoms with Gasteiger partial charge in [0.15, 0.2) is 0 Å². The SMILES string of the molecule is Cc1ccc(NC(=O)CS[C@H](C)C(=O)O)cc1. The van der Waals surface area contributed by atoms with E-state index in [-0.39, 0.29) is 11.7 Å². The van der Waals surface area contributed by atoms with Crippen molar-refractivity contribution in [3.8, 4) is 0 Å². The van der Waals surface area contributed by atoms with E-state index in [2.05, 4.69) is 5.32 Å². The van der Waals surface area contributed by atoms with E-state index in [0.29, 0.717) is 0 Å². The first-order valence-corrected chi connectivity index (χ1v) is 6.25. The number of thioether (sulfide) groups is 1. The Balaban J connectivity index is 2.39. The molecule has 5 heteroatoms. The summed E-state index contributed by atoms with van der Waals surface area (Å²) in [7, 11) is 0. The van der Waals surface area contributed by atoms with Crippen molar-refractivity contribution in [2.45, 2.75) is 19.1 Å². The van der Waals surface area contributed by atoms with E-state index >= 15 is 0 Å². The third-order valence-corrected chi connectivity index (χ3v) is 3.28. The van der Waals surface area contributed by atoms with Crippen LogP contribution < -0.4 is 5.32 Å². The van der Waals surface area contributed by atoms with Crippen LogP contribution >= 0.6 is 11.8 Å². The Morgan fingerprint density at radius 2 is 1.94 bits per heavy atom. The summed E-state index contributed by atoms with van der Waals surface area (Å²) in [5, 5.41) is 10.8. The topological polar surface area (TPSA) is 66.4 Å². The summed E-state index contributed by atoms with van der Waals surface area (Å²) >= 11 is 1.10. The normalized spacial score (nSPS) is 11.9. The standard InChI is InChI=1S/C12H15NO3S/c1-8-3-5-10(6-4-8)13-11(14)7-17-9(2)12(15)16/h3-6,9H,7H2,1-2H3,(H,13,14)(H,15,16)/t9-/m1/s1. The highest BCUT2D eigenvalue weighted by Crippen LogP contribution is 2.12. The van der Waals surface area contributed by atoms with Crippen LogP contribution in [0.2, 0.25) is 0 Å². The number of amides is 1. The van der Waals surface area contributed by atoms with Gasteiger partial charge in [0.1, 0.15) is 0 Å². The van der Waals surface area contributed by atoms with Crippen molar-refractivity contribution >= 4 is 29.3 Å². The molecule has 92 valence electrons. The molecule has 1 rings (SSSR count). The maximum atomic E-state index is 11.5. The van der Waals surface area contributed by atoms with E-state index in [9.17, 15) is 9.59 Å². The summed E-state index contributed by atoms with van der Waals surface area (Å²) in [5.41, 5.74) is 1.85. The summed E-state index contributed by atoms with van der Waals surface area (Å²) in [4.78, 5) is 22.1. The summed E-state index contributed by atoms with van der Waals surface area (Å²) in [6.07, 6.45) is 0. The molecule has 0 aromatic heterocycles. The molecule has 1 aromatic rings. The minimum absolute atomic E-state index is 0.140. The molecule has 0 saturated heterocycles. The van der Waals surface area contributed by atoms with Gasteiger partial charge in [-0.05, 0) is 26.0 Å². The second kappa shape index (κ2) is 6.30. The van der Waals surface area contributed by atoms with Gasteiger partial charge in [-0.1, -0.05) is 17.7 Å². The monoisotopic (exact) mass is 253 g/mol. The lowest BCUT2D eigenvalue weighted by atomic mass is 10.2. The van der Waals surface area contributed by atoms with Gasteiger partial charge in [-0.25, -0.2) is 0 Å². The molecular formula is C12H15NO3S. The molecule has 0 fully saturated rings. The number of aliphatic carboxylic acids is 1. The second-order valence-electron chi connectivity index (χ2n) is 3.71. The Kier molecular flexibility index (Phi) is 5.03. The first-order chi connectivity index (χ1) is 7.99. The molecule has 1 aromatic carbocycles. The third kappa shape index (κ3) is 4.91. The summed E-state index contributed by atoms with van der Waals surface area (Å²) in [5.74, 6) is -0.952. The molecule has 1 atom stereocenters. The highest BCUT2D eigenvalue weighted by Gasteiger charge is 2.13. The van der Waals surface area contributed by atoms with Crippen LogP contribution in [0.25, 0.3) is 0 Å². The quantitative estimate of drug-likeness (QED) is 0.843. The molecule has 0 aliphatic heterocycles. The first kappa shape index (κ1) is 13.6.